The highest BCUT2D eigenvalue weighted by Crippen LogP contribution is 2.35. The first-order valence-electron chi connectivity index (χ1n) is 13.7. The Labute approximate surface area is 239 Å². The van der Waals surface area contributed by atoms with Crippen molar-refractivity contribution in [1.82, 2.24) is 14.8 Å². The third-order valence-corrected chi connectivity index (χ3v) is 9.01. The van der Waals surface area contributed by atoms with E-state index in [9.17, 15) is 9.59 Å². The molecular weight excluding hydrogens is 533 g/mol. The molecule has 2 aromatic carbocycles. The van der Waals surface area contributed by atoms with Crippen molar-refractivity contribution in [2.45, 2.75) is 44.6 Å². The van der Waals surface area contributed by atoms with Gasteiger partial charge >= 0.3 is 5.97 Å². The predicted molar refractivity (Wildman–Crippen MR) is 157 cm³/mol. The number of fused-ring (bicyclic) bond motifs is 1. The van der Waals surface area contributed by atoms with E-state index in [-0.39, 0.29) is 17.9 Å². The molecule has 1 amide bonds. The van der Waals surface area contributed by atoms with Crippen molar-refractivity contribution >= 4 is 52.1 Å². The van der Waals surface area contributed by atoms with Crippen molar-refractivity contribution in [2.75, 3.05) is 32.8 Å². The summed E-state index contributed by atoms with van der Waals surface area (Å²) < 4.78 is 5.55. The quantitative estimate of drug-likeness (QED) is 0.260. The number of carbonyl (C=O) groups excluding carboxylic acids is 2. The van der Waals surface area contributed by atoms with Crippen molar-refractivity contribution in [3.05, 3.63) is 75.9 Å². The van der Waals surface area contributed by atoms with Crippen LogP contribution in [0.25, 0.3) is 17.0 Å². The number of piperidine rings is 2. The van der Waals surface area contributed by atoms with Crippen molar-refractivity contribution in [2.24, 2.45) is 5.92 Å². The monoisotopic (exact) mass is 567 g/mol. The zero-order chi connectivity index (χ0) is 27.4. The molecule has 2 fully saturated rings. The Bertz CT molecular complexity index is 1340. The maximum atomic E-state index is 12.9. The molecule has 5 rings (SSSR count). The molecule has 0 aliphatic carbocycles. The number of ether oxygens (including phenoxy) is 1. The molecule has 6 nitrogen and oxygen atoms in total. The van der Waals surface area contributed by atoms with Gasteiger partial charge < -0.3 is 14.6 Å². The highest BCUT2D eigenvalue weighted by atomic mass is 35.5. The SMILES string of the molecule is CC(=O)OCC(C1CCN(C(=O)/C=C/c2ccc(Cl)c(Cl)c2)CC1)N1CCC(c2c[nH]c3ccccc23)CC1. The zero-order valence-corrected chi connectivity index (χ0v) is 23.8. The van der Waals surface area contributed by atoms with Crippen LogP contribution in [-0.2, 0) is 14.3 Å². The first-order valence-corrected chi connectivity index (χ1v) is 14.5. The van der Waals surface area contributed by atoms with Gasteiger partial charge in [0.15, 0.2) is 0 Å². The average molecular weight is 569 g/mol. The fourth-order valence-electron chi connectivity index (χ4n) is 6.11. The van der Waals surface area contributed by atoms with Crippen LogP contribution in [0.1, 0.15) is 49.7 Å². The average Bonchev–Trinajstić information content (AvgIpc) is 3.38. The fourth-order valence-corrected chi connectivity index (χ4v) is 6.42. The summed E-state index contributed by atoms with van der Waals surface area (Å²) in [4.78, 5) is 32.4. The number of hydrogen-bond acceptors (Lipinski definition) is 4. The summed E-state index contributed by atoms with van der Waals surface area (Å²) in [6.07, 6.45) is 9.49. The van der Waals surface area contributed by atoms with Gasteiger partial charge in [0.2, 0.25) is 5.91 Å². The maximum absolute atomic E-state index is 12.9. The highest BCUT2D eigenvalue weighted by Gasteiger charge is 2.35. The molecule has 2 aliphatic heterocycles. The van der Waals surface area contributed by atoms with E-state index in [4.69, 9.17) is 27.9 Å². The first-order chi connectivity index (χ1) is 18.9. The number of aromatic nitrogens is 1. The van der Waals surface area contributed by atoms with Gasteiger partial charge in [0.1, 0.15) is 6.61 Å². The molecule has 1 atom stereocenters. The molecule has 1 aromatic heterocycles. The van der Waals surface area contributed by atoms with E-state index in [2.05, 4.69) is 40.3 Å². The second-order valence-electron chi connectivity index (χ2n) is 10.6. The third kappa shape index (κ3) is 6.68. The number of nitrogens with one attached hydrogen (secondary N) is 1. The summed E-state index contributed by atoms with van der Waals surface area (Å²) in [5, 5.41) is 2.28. The Morgan fingerprint density at radius 3 is 2.49 bits per heavy atom. The predicted octanol–water partition coefficient (Wildman–Crippen LogP) is 6.54. The summed E-state index contributed by atoms with van der Waals surface area (Å²) in [5.41, 5.74) is 3.43. The Hall–Kier alpha value is -2.80. The van der Waals surface area contributed by atoms with Crippen LogP contribution < -0.4 is 0 Å². The minimum atomic E-state index is -0.242. The number of esters is 1. The van der Waals surface area contributed by atoms with Crippen LogP contribution in [0.4, 0.5) is 0 Å². The van der Waals surface area contributed by atoms with E-state index < -0.39 is 0 Å². The number of hydrogen-bond donors (Lipinski definition) is 1. The summed E-state index contributed by atoms with van der Waals surface area (Å²) in [6.45, 7) is 5.21. The fraction of sp³-hybridized carbons (Fsp3) is 0.419. The van der Waals surface area contributed by atoms with Crippen molar-refractivity contribution in [3.8, 4) is 0 Å². The van der Waals surface area contributed by atoms with Gasteiger partial charge in [0.05, 0.1) is 10.0 Å². The number of para-hydroxylation sites is 1. The van der Waals surface area contributed by atoms with Crippen LogP contribution >= 0.6 is 23.2 Å². The van der Waals surface area contributed by atoms with Crippen molar-refractivity contribution in [1.29, 1.82) is 0 Å². The van der Waals surface area contributed by atoms with Gasteiger partial charge in [-0.15, -0.1) is 0 Å². The van der Waals surface area contributed by atoms with Crippen LogP contribution in [0, 0.1) is 5.92 Å². The molecule has 0 radical (unpaired) electrons. The number of carbonyl (C=O) groups is 2. The van der Waals surface area contributed by atoms with Gasteiger partial charge in [0.25, 0.3) is 0 Å². The topological polar surface area (TPSA) is 65.6 Å². The number of likely N-dealkylation sites (tertiary alicyclic amines) is 2. The van der Waals surface area contributed by atoms with Gasteiger partial charge in [-0.2, -0.15) is 0 Å². The second kappa shape index (κ2) is 12.6. The summed E-state index contributed by atoms with van der Waals surface area (Å²) in [7, 11) is 0. The highest BCUT2D eigenvalue weighted by molar-refractivity contribution is 6.42. The molecule has 3 heterocycles. The molecular formula is C31H35Cl2N3O3. The van der Waals surface area contributed by atoms with E-state index in [1.807, 2.05) is 11.0 Å². The Balaban J connectivity index is 1.18. The van der Waals surface area contributed by atoms with Gasteiger partial charge in [-0.1, -0.05) is 47.5 Å². The molecule has 3 aromatic rings. The van der Waals surface area contributed by atoms with E-state index >= 15 is 0 Å². The minimum Gasteiger partial charge on any atom is -0.464 e. The van der Waals surface area contributed by atoms with E-state index in [0.717, 1.165) is 44.3 Å². The lowest BCUT2D eigenvalue weighted by Gasteiger charge is -2.43. The molecule has 0 spiro atoms. The summed E-state index contributed by atoms with van der Waals surface area (Å²) in [5.74, 6) is 0.648. The molecule has 0 bridgehead atoms. The van der Waals surface area contributed by atoms with Crippen LogP contribution in [0.2, 0.25) is 10.0 Å². The summed E-state index contributed by atoms with van der Waals surface area (Å²) in [6, 6.07) is 14.0. The smallest absolute Gasteiger partial charge is 0.302 e. The molecule has 0 saturated carbocycles. The standard InChI is InChI=1S/C31H35Cl2N3O3/c1-21(37)39-20-30(35-14-10-23(11-15-35)26-19-34-29-5-3-2-4-25(26)29)24-12-16-36(17-13-24)31(38)9-7-22-6-8-27(32)28(33)18-22/h2-9,18-19,23-24,30,34H,10-17,20H2,1H3/b9-7+. The normalized spacial score (nSPS) is 18.6. The van der Waals surface area contributed by atoms with E-state index in [0.29, 0.717) is 41.6 Å². The number of nitrogens with zero attached hydrogens (tertiary/aromatic N) is 2. The number of aromatic amines is 1. The first kappa shape index (κ1) is 27.8. The molecule has 8 heteroatoms. The summed E-state index contributed by atoms with van der Waals surface area (Å²) >= 11 is 12.1. The van der Waals surface area contributed by atoms with Gasteiger partial charge in [0, 0.05) is 49.2 Å². The maximum Gasteiger partial charge on any atom is 0.302 e. The Kier molecular flexibility index (Phi) is 8.96. The number of benzene rings is 2. The molecule has 1 N–H and O–H groups in total. The Morgan fingerprint density at radius 1 is 1.03 bits per heavy atom. The molecule has 1 unspecified atom stereocenters. The second-order valence-corrected chi connectivity index (χ2v) is 11.5. The van der Waals surface area contributed by atoms with E-state index in [1.165, 1.54) is 23.4 Å². The number of H-pyrrole nitrogens is 1. The van der Waals surface area contributed by atoms with Gasteiger partial charge in [-0.3, -0.25) is 14.5 Å². The van der Waals surface area contributed by atoms with Crippen LogP contribution in [0.3, 0.4) is 0 Å². The minimum absolute atomic E-state index is 0.00407. The van der Waals surface area contributed by atoms with Crippen molar-refractivity contribution in [3.63, 3.8) is 0 Å². The number of rotatable bonds is 7. The van der Waals surface area contributed by atoms with Crippen LogP contribution in [0.15, 0.2) is 54.7 Å². The largest absolute Gasteiger partial charge is 0.464 e. The molecule has 39 heavy (non-hydrogen) atoms. The van der Waals surface area contributed by atoms with E-state index in [1.54, 1.807) is 24.3 Å². The third-order valence-electron chi connectivity index (χ3n) is 8.27. The lowest BCUT2D eigenvalue weighted by molar-refractivity contribution is -0.144. The number of halogens is 2. The zero-order valence-electron chi connectivity index (χ0n) is 22.2. The molecule has 2 saturated heterocycles. The lowest BCUT2D eigenvalue weighted by Crippen LogP contribution is -2.51. The molecule has 206 valence electrons. The lowest BCUT2D eigenvalue weighted by atomic mass is 9.84. The van der Waals surface area contributed by atoms with Gasteiger partial charge in [-0.05, 0) is 86.0 Å². The van der Waals surface area contributed by atoms with Crippen LogP contribution in [0.5, 0.6) is 0 Å². The Morgan fingerprint density at radius 2 is 1.77 bits per heavy atom. The van der Waals surface area contributed by atoms with Crippen LogP contribution in [-0.4, -0.2) is 65.5 Å². The number of amides is 1. The van der Waals surface area contributed by atoms with Crippen molar-refractivity contribution < 1.29 is 14.3 Å². The van der Waals surface area contributed by atoms with Gasteiger partial charge in [-0.25, -0.2) is 0 Å². The molecule has 2 aliphatic rings.